The van der Waals surface area contributed by atoms with Crippen molar-refractivity contribution >= 4 is 41.1 Å². The molecule has 11 rings (SSSR count). The van der Waals surface area contributed by atoms with Crippen LogP contribution in [-0.4, -0.2) is 155 Å². The van der Waals surface area contributed by atoms with E-state index in [2.05, 4.69) is 5.32 Å². The van der Waals surface area contributed by atoms with E-state index in [1.165, 1.54) is 58.3 Å². The Labute approximate surface area is 441 Å². The number of carbonyl (C=O) groups excluding carboxylic acids is 7. The van der Waals surface area contributed by atoms with Crippen LogP contribution in [0.4, 0.5) is 0 Å². The average molecular weight is 1070 g/mol. The van der Waals surface area contributed by atoms with Crippen LogP contribution in [0.1, 0.15) is 125 Å². The number of hydrogen-bond donors (Lipinski definition) is 4. The van der Waals surface area contributed by atoms with E-state index < -0.39 is 142 Å². The van der Waals surface area contributed by atoms with Gasteiger partial charge in [0.25, 0.3) is 11.7 Å². The Balaban J connectivity index is 1.28. The predicted molar refractivity (Wildman–Crippen MR) is 267 cm³/mol. The maximum atomic E-state index is 14.2. The number of nitrogens with one attached hydrogen (secondary N) is 1. The molecule has 76 heavy (non-hydrogen) atoms. The standard InChI is InChI=1S/C55H72N2O19/c1-26-13-12-14-34(31(6)73-53(67)54(9,10)24-40(61)57-16-19-68-20-17-57)46(63)28(3)45(62)29(4)49(74-33(8)58)27(2)38(75-41-22-39-51(32(7)72-41)70-25-69-39)15-18-71-55(11)23-37(60)43-42-36(59)21-35(56-52(26)66)48(65)44(42)47(64)30(5)50(43)76-55/h12-15,18,21,27-29,31-32,34,38-39,41,45-46,49,51,62-64H,16-17,19-20,22-25H2,1-11H3,(H,56,66)/b14-12+,18-15+,26-13-/t27-,28+,29-,31?,32-,34-,38+,39+,41+,45-,46-,49-,51-,55+/m1/s1. The number of phenolic OH excluding ortho intramolecular Hbond substituents is 1. The van der Waals surface area contributed by atoms with E-state index in [0.29, 0.717) is 26.3 Å². The van der Waals surface area contributed by atoms with Gasteiger partial charge < -0.3 is 68.2 Å². The fourth-order valence-electron chi connectivity index (χ4n) is 10.6. The molecule has 1 aromatic carbocycles. The molecule has 21 heteroatoms. The second-order valence-electron chi connectivity index (χ2n) is 21.6. The highest BCUT2D eigenvalue weighted by molar-refractivity contribution is 6.30. The van der Waals surface area contributed by atoms with E-state index in [1.54, 1.807) is 46.4 Å². The zero-order chi connectivity index (χ0) is 55.7. The van der Waals surface area contributed by atoms with Crippen LogP contribution in [0.3, 0.4) is 0 Å². The lowest BCUT2D eigenvalue weighted by molar-refractivity contribution is -0.246. The number of morpholine rings is 1. The monoisotopic (exact) mass is 1060 g/mol. The summed E-state index contributed by atoms with van der Waals surface area (Å²) in [5.74, 6) is -11.5. The number of Topliss-reactive ketones (excluding diaryl/α,β-unsaturated/α-hetero) is 2. The van der Waals surface area contributed by atoms with Gasteiger partial charge in [-0.2, -0.15) is 0 Å². The molecule has 9 heterocycles. The van der Waals surface area contributed by atoms with Crippen LogP contribution < -0.4 is 10.1 Å². The van der Waals surface area contributed by atoms with E-state index in [0.717, 1.165) is 6.08 Å². The molecule has 4 N–H and O–H groups in total. The number of benzene rings is 1. The van der Waals surface area contributed by atoms with E-state index >= 15 is 0 Å². The number of aliphatic hydroxyl groups excluding tert-OH is 2. The van der Waals surface area contributed by atoms with Crippen LogP contribution in [0.15, 0.2) is 47.9 Å². The van der Waals surface area contributed by atoms with Crippen molar-refractivity contribution in [3.8, 4) is 11.5 Å². The van der Waals surface area contributed by atoms with Gasteiger partial charge in [0.2, 0.25) is 11.7 Å². The Bertz CT molecular complexity index is 2580. The van der Waals surface area contributed by atoms with E-state index in [-0.39, 0.29) is 60.2 Å². The minimum atomic E-state index is -1.76. The van der Waals surface area contributed by atoms with Gasteiger partial charge in [-0.25, -0.2) is 0 Å². The number of nitrogens with zero attached hydrogens (tertiary/aromatic N) is 1. The molecule has 3 saturated heterocycles. The number of ether oxygens (including phenoxy) is 9. The van der Waals surface area contributed by atoms with Gasteiger partial charge in [0.05, 0.1) is 84.2 Å². The summed E-state index contributed by atoms with van der Waals surface area (Å²) in [6.07, 6.45) is -0.812. The Morgan fingerprint density at radius 2 is 1.64 bits per heavy atom. The van der Waals surface area contributed by atoms with Crippen molar-refractivity contribution in [3.05, 3.63) is 70.2 Å². The highest BCUT2D eigenvalue weighted by Crippen LogP contribution is 2.47. The molecule has 2 amide bonds. The van der Waals surface area contributed by atoms with Gasteiger partial charge in [-0.05, 0) is 47.6 Å². The van der Waals surface area contributed by atoms with Gasteiger partial charge in [0, 0.05) is 80.7 Å². The van der Waals surface area contributed by atoms with Crippen LogP contribution in [0.2, 0.25) is 0 Å². The van der Waals surface area contributed by atoms with Crippen molar-refractivity contribution in [3.63, 3.8) is 0 Å². The molecule has 9 aliphatic heterocycles. The molecule has 3 fully saturated rings. The van der Waals surface area contributed by atoms with Crippen molar-refractivity contribution in [1.29, 1.82) is 0 Å². The minimum absolute atomic E-state index is 0.00497. The maximum Gasteiger partial charge on any atom is 0.312 e. The summed E-state index contributed by atoms with van der Waals surface area (Å²) in [5, 5.41) is 38.6. The van der Waals surface area contributed by atoms with Gasteiger partial charge in [-0.3, -0.25) is 33.6 Å². The number of carbonyl (C=O) groups is 7. The Hall–Kier alpha value is -5.81. The first kappa shape index (κ1) is 57.9. The molecule has 1 aromatic rings. The first-order valence-electron chi connectivity index (χ1n) is 25.8. The molecule has 0 aromatic heterocycles. The summed E-state index contributed by atoms with van der Waals surface area (Å²) >= 11 is 0. The molecular weight excluding hydrogens is 993 g/mol. The molecule has 1 aliphatic carbocycles. The summed E-state index contributed by atoms with van der Waals surface area (Å²) in [6.45, 7) is 18.5. The SMILES string of the molecule is CC(=O)O[C@H]1[C@H](C)[C@H](O)[C@H](C)[C@@H](O)[C@@H](C(C)OC(=O)C(C)(C)CC(=O)N2CCOCC2)/C=C/C=C(/C)C(=O)NC2=CC(=O)c3c(c(O)c(C)c4c3C(=O)C[C@@](C)(O/C=C/[C@H](O[C@H]3C[C@@H]5OCO[C@@H]5[C@@H](C)O3)[C@H]1C)O4)C2=O. The summed E-state index contributed by atoms with van der Waals surface area (Å²) in [6, 6.07) is 0. The zero-order valence-corrected chi connectivity index (χ0v) is 44.9. The molecule has 14 atom stereocenters. The van der Waals surface area contributed by atoms with Gasteiger partial charge in [-0.1, -0.05) is 39.0 Å². The summed E-state index contributed by atoms with van der Waals surface area (Å²) in [7, 11) is 0. The molecule has 0 radical (unpaired) electrons. The molecule has 6 bridgehead atoms. The van der Waals surface area contributed by atoms with Crippen LogP contribution in [-0.2, 0) is 57.1 Å². The maximum absolute atomic E-state index is 14.2. The molecule has 416 valence electrons. The van der Waals surface area contributed by atoms with Crippen molar-refractivity contribution < 1.29 is 91.5 Å². The van der Waals surface area contributed by atoms with Crippen molar-refractivity contribution in [1.82, 2.24) is 10.2 Å². The number of esters is 2. The predicted octanol–water partition coefficient (Wildman–Crippen LogP) is 4.45. The number of hydrogen-bond acceptors (Lipinski definition) is 19. The normalized spacial score (nSPS) is 34.5. The highest BCUT2D eigenvalue weighted by atomic mass is 16.7. The fraction of sp³-hybridized carbons (Fsp3) is 0.618. The quantitative estimate of drug-likeness (QED) is 0.262. The topological polar surface area (TPSA) is 279 Å². The van der Waals surface area contributed by atoms with Crippen molar-refractivity contribution in [2.45, 2.75) is 156 Å². The fourth-order valence-corrected chi connectivity index (χ4v) is 10.6. The molecule has 0 saturated carbocycles. The zero-order valence-electron chi connectivity index (χ0n) is 44.9. The Morgan fingerprint density at radius 3 is 2.33 bits per heavy atom. The van der Waals surface area contributed by atoms with Crippen LogP contribution in [0.25, 0.3) is 0 Å². The third-order valence-electron chi connectivity index (χ3n) is 15.3. The van der Waals surface area contributed by atoms with Gasteiger partial charge in [0.15, 0.2) is 17.9 Å². The Kier molecular flexibility index (Phi) is 17.8. The molecule has 1 unspecified atom stereocenters. The lowest BCUT2D eigenvalue weighted by Gasteiger charge is -2.41. The lowest BCUT2D eigenvalue weighted by atomic mass is 9.77. The van der Waals surface area contributed by atoms with E-state index in [4.69, 9.17) is 42.6 Å². The molecular formula is C55H72N2O19. The van der Waals surface area contributed by atoms with Crippen LogP contribution in [0, 0.1) is 36.0 Å². The number of allylic oxidation sites excluding steroid dienone is 4. The Morgan fingerprint density at radius 1 is 0.947 bits per heavy atom. The largest absolute Gasteiger partial charge is 0.507 e. The van der Waals surface area contributed by atoms with Gasteiger partial charge in [-0.15, -0.1) is 0 Å². The second-order valence-corrected chi connectivity index (χ2v) is 21.6. The number of aliphatic hydroxyl groups is 2. The number of rotatable bonds is 8. The number of fused-ring (bicyclic) bond motifs is 2. The van der Waals surface area contributed by atoms with Crippen LogP contribution in [0.5, 0.6) is 11.5 Å². The molecule has 21 nitrogen and oxygen atoms in total. The highest BCUT2D eigenvalue weighted by Gasteiger charge is 2.48. The smallest absolute Gasteiger partial charge is 0.312 e. The number of amides is 2. The van der Waals surface area contributed by atoms with Gasteiger partial charge >= 0.3 is 11.9 Å². The third-order valence-corrected chi connectivity index (χ3v) is 15.3. The first-order chi connectivity index (χ1) is 35.7. The molecule has 0 spiro atoms. The minimum Gasteiger partial charge on any atom is -0.507 e. The lowest BCUT2D eigenvalue weighted by Crippen LogP contribution is -2.50. The van der Waals surface area contributed by atoms with Gasteiger partial charge in [0.1, 0.15) is 36.6 Å². The summed E-state index contributed by atoms with van der Waals surface area (Å²) < 4.78 is 54.3. The average Bonchev–Trinajstić information content (AvgIpc) is 3.85. The van der Waals surface area contributed by atoms with Crippen LogP contribution >= 0.6 is 0 Å². The summed E-state index contributed by atoms with van der Waals surface area (Å²) in [5.41, 5.74) is -2.98. The summed E-state index contributed by atoms with van der Waals surface area (Å²) in [4.78, 5) is 97.7. The van der Waals surface area contributed by atoms with Crippen molar-refractivity contribution in [2.75, 3.05) is 33.1 Å². The first-order valence-corrected chi connectivity index (χ1v) is 25.8. The van der Waals surface area contributed by atoms with Crippen molar-refractivity contribution in [2.24, 2.45) is 29.1 Å². The molecule has 10 aliphatic rings. The number of aromatic hydroxyl groups is 1. The number of phenols is 1. The van der Waals surface area contributed by atoms with E-state index in [9.17, 15) is 48.9 Å². The third kappa shape index (κ3) is 12.3. The second kappa shape index (κ2) is 23.4. The number of ketones is 3. The van der Waals surface area contributed by atoms with E-state index in [1.807, 2.05) is 6.92 Å².